The highest BCUT2D eigenvalue weighted by Gasteiger charge is 2.21. The van der Waals surface area contributed by atoms with Crippen LogP contribution in [-0.2, 0) is 24.2 Å². The maximum Gasteiger partial charge on any atom is 0.335 e. The number of aryl methyl sites for hydroxylation is 3. The summed E-state index contributed by atoms with van der Waals surface area (Å²) in [4.78, 5) is 28.2. The summed E-state index contributed by atoms with van der Waals surface area (Å²) in [6.07, 6.45) is 3.13. The van der Waals surface area contributed by atoms with Crippen molar-refractivity contribution in [3.05, 3.63) is 56.3 Å². The van der Waals surface area contributed by atoms with E-state index >= 15 is 0 Å². The van der Waals surface area contributed by atoms with Crippen LogP contribution in [0.5, 0.6) is 0 Å². The molecule has 1 aromatic carbocycles. The number of rotatable bonds is 5. The van der Waals surface area contributed by atoms with Gasteiger partial charge in [0, 0.05) is 29.3 Å². The fraction of sp³-hybridized carbons (Fsp3) is 0.400. The SMILES string of the molecule is Cc1cc(CCCC(=O)N2CCc3ccc(C(=O)O)cc3C2)c(C)s1. The fourth-order valence-electron chi connectivity index (χ4n) is 3.42. The van der Waals surface area contributed by atoms with Gasteiger partial charge in [0.15, 0.2) is 0 Å². The van der Waals surface area contributed by atoms with E-state index in [4.69, 9.17) is 5.11 Å². The Kier molecular flexibility index (Phi) is 5.23. The number of amides is 1. The summed E-state index contributed by atoms with van der Waals surface area (Å²) in [6, 6.07) is 7.44. The number of carbonyl (C=O) groups excluding carboxylic acids is 1. The van der Waals surface area contributed by atoms with Crippen molar-refractivity contribution >= 4 is 23.2 Å². The monoisotopic (exact) mass is 357 g/mol. The third-order valence-electron chi connectivity index (χ3n) is 4.80. The fourth-order valence-corrected chi connectivity index (χ4v) is 4.40. The number of thiophene rings is 1. The van der Waals surface area contributed by atoms with Gasteiger partial charge in [-0.05, 0) is 68.0 Å². The van der Waals surface area contributed by atoms with E-state index in [2.05, 4.69) is 19.9 Å². The van der Waals surface area contributed by atoms with Crippen molar-refractivity contribution in [1.82, 2.24) is 4.90 Å². The Labute approximate surface area is 152 Å². The topological polar surface area (TPSA) is 57.6 Å². The number of fused-ring (bicyclic) bond motifs is 1. The van der Waals surface area contributed by atoms with E-state index in [1.165, 1.54) is 15.3 Å². The number of carboxylic acid groups (broad SMARTS) is 1. The van der Waals surface area contributed by atoms with Crippen LogP contribution < -0.4 is 0 Å². The van der Waals surface area contributed by atoms with E-state index < -0.39 is 5.97 Å². The van der Waals surface area contributed by atoms with Crippen LogP contribution >= 0.6 is 11.3 Å². The number of nitrogens with zero attached hydrogens (tertiary/aromatic N) is 1. The molecule has 0 unspecified atom stereocenters. The van der Waals surface area contributed by atoms with Crippen LogP contribution in [0.25, 0.3) is 0 Å². The van der Waals surface area contributed by atoms with Crippen molar-refractivity contribution in [2.75, 3.05) is 6.54 Å². The van der Waals surface area contributed by atoms with Gasteiger partial charge < -0.3 is 10.0 Å². The molecule has 0 bridgehead atoms. The third kappa shape index (κ3) is 4.10. The Balaban J connectivity index is 1.57. The van der Waals surface area contributed by atoms with Crippen molar-refractivity contribution in [1.29, 1.82) is 0 Å². The first-order valence-corrected chi connectivity index (χ1v) is 9.44. The molecule has 1 aliphatic rings. The molecule has 0 fully saturated rings. The number of benzene rings is 1. The van der Waals surface area contributed by atoms with Crippen LogP contribution in [0.15, 0.2) is 24.3 Å². The van der Waals surface area contributed by atoms with E-state index in [1.54, 1.807) is 12.1 Å². The minimum Gasteiger partial charge on any atom is -0.478 e. The van der Waals surface area contributed by atoms with Gasteiger partial charge in [-0.25, -0.2) is 4.79 Å². The maximum atomic E-state index is 12.5. The first-order valence-electron chi connectivity index (χ1n) is 8.63. The molecular weight excluding hydrogens is 334 g/mol. The van der Waals surface area contributed by atoms with Crippen LogP contribution in [-0.4, -0.2) is 28.4 Å². The molecule has 1 aromatic heterocycles. The first kappa shape index (κ1) is 17.7. The third-order valence-corrected chi connectivity index (χ3v) is 5.81. The van der Waals surface area contributed by atoms with E-state index in [9.17, 15) is 9.59 Å². The molecule has 0 radical (unpaired) electrons. The second-order valence-corrected chi connectivity index (χ2v) is 8.11. The molecule has 1 amide bonds. The summed E-state index contributed by atoms with van der Waals surface area (Å²) < 4.78 is 0. The van der Waals surface area contributed by atoms with Crippen molar-refractivity contribution in [2.45, 2.75) is 46.1 Å². The smallest absolute Gasteiger partial charge is 0.335 e. The lowest BCUT2D eigenvalue weighted by atomic mass is 9.97. The van der Waals surface area contributed by atoms with Gasteiger partial charge in [0.25, 0.3) is 0 Å². The average molecular weight is 357 g/mol. The lowest BCUT2D eigenvalue weighted by Crippen LogP contribution is -2.36. The highest BCUT2D eigenvalue weighted by molar-refractivity contribution is 7.12. The number of aromatic carboxylic acids is 1. The highest BCUT2D eigenvalue weighted by atomic mass is 32.1. The molecule has 5 heteroatoms. The molecule has 0 spiro atoms. The van der Waals surface area contributed by atoms with Crippen molar-refractivity contribution < 1.29 is 14.7 Å². The second-order valence-electron chi connectivity index (χ2n) is 6.65. The second kappa shape index (κ2) is 7.40. The largest absolute Gasteiger partial charge is 0.478 e. The summed E-state index contributed by atoms with van der Waals surface area (Å²) in [5.41, 5.74) is 3.75. The Morgan fingerprint density at radius 3 is 2.68 bits per heavy atom. The summed E-state index contributed by atoms with van der Waals surface area (Å²) in [6.45, 7) is 5.49. The summed E-state index contributed by atoms with van der Waals surface area (Å²) >= 11 is 1.81. The number of hydrogen-bond acceptors (Lipinski definition) is 3. The standard InChI is InChI=1S/C20H23NO3S/c1-13-10-16(14(2)25-13)4-3-5-19(22)21-9-8-15-6-7-17(20(23)24)11-18(15)12-21/h6-7,10-11H,3-5,8-9,12H2,1-2H3,(H,23,24). The minimum absolute atomic E-state index is 0.163. The normalized spacial score (nSPS) is 13.6. The first-order chi connectivity index (χ1) is 11.9. The molecule has 0 saturated carbocycles. The Morgan fingerprint density at radius 2 is 2.00 bits per heavy atom. The zero-order valence-electron chi connectivity index (χ0n) is 14.7. The van der Waals surface area contributed by atoms with Gasteiger partial charge in [0.2, 0.25) is 5.91 Å². The quantitative estimate of drug-likeness (QED) is 0.881. The van der Waals surface area contributed by atoms with E-state index in [-0.39, 0.29) is 11.5 Å². The van der Waals surface area contributed by atoms with Gasteiger partial charge in [-0.15, -0.1) is 11.3 Å². The molecular formula is C20H23NO3S. The predicted octanol–water partition coefficient (Wildman–Crippen LogP) is 3.97. The molecule has 25 heavy (non-hydrogen) atoms. The van der Waals surface area contributed by atoms with Gasteiger partial charge in [-0.1, -0.05) is 6.07 Å². The van der Waals surface area contributed by atoms with Crippen LogP contribution in [0.3, 0.4) is 0 Å². The Bertz CT molecular complexity index is 809. The van der Waals surface area contributed by atoms with Crippen molar-refractivity contribution in [3.63, 3.8) is 0 Å². The lowest BCUT2D eigenvalue weighted by molar-refractivity contribution is -0.132. The Morgan fingerprint density at radius 1 is 1.20 bits per heavy atom. The lowest BCUT2D eigenvalue weighted by Gasteiger charge is -2.29. The molecule has 1 aliphatic heterocycles. The van der Waals surface area contributed by atoms with Crippen LogP contribution in [0.4, 0.5) is 0 Å². The van der Waals surface area contributed by atoms with Gasteiger partial charge in [-0.2, -0.15) is 0 Å². The molecule has 0 saturated heterocycles. The van der Waals surface area contributed by atoms with Crippen molar-refractivity contribution in [3.8, 4) is 0 Å². The van der Waals surface area contributed by atoms with E-state index in [0.717, 1.165) is 36.9 Å². The van der Waals surface area contributed by atoms with Gasteiger partial charge in [0.1, 0.15) is 0 Å². The Hall–Kier alpha value is -2.14. The predicted molar refractivity (Wildman–Crippen MR) is 99.3 cm³/mol. The summed E-state index contributed by atoms with van der Waals surface area (Å²) in [7, 11) is 0. The average Bonchev–Trinajstić information content (AvgIpc) is 2.91. The van der Waals surface area contributed by atoms with Gasteiger partial charge in [-0.3, -0.25) is 4.79 Å². The van der Waals surface area contributed by atoms with Crippen LogP contribution in [0.2, 0.25) is 0 Å². The van der Waals surface area contributed by atoms with Crippen molar-refractivity contribution in [2.24, 2.45) is 0 Å². The van der Waals surface area contributed by atoms with Gasteiger partial charge in [0.05, 0.1) is 5.56 Å². The maximum absolute atomic E-state index is 12.5. The molecule has 4 nitrogen and oxygen atoms in total. The van der Waals surface area contributed by atoms with Gasteiger partial charge >= 0.3 is 5.97 Å². The molecule has 1 N–H and O–H groups in total. The minimum atomic E-state index is -0.923. The number of hydrogen-bond donors (Lipinski definition) is 1. The van der Waals surface area contributed by atoms with E-state index in [0.29, 0.717) is 13.0 Å². The van der Waals surface area contributed by atoms with Crippen LogP contribution in [0, 0.1) is 13.8 Å². The zero-order chi connectivity index (χ0) is 18.0. The molecule has 0 atom stereocenters. The molecule has 2 heterocycles. The van der Waals surface area contributed by atoms with Crippen LogP contribution in [0.1, 0.15) is 49.6 Å². The zero-order valence-corrected chi connectivity index (χ0v) is 15.5. The molecule has 3 rings (SSSR count). The number of carboxylic acids is 1. The summed E-state index contributed by atoms with van der Waals surface area (Å²) in [5.74, 6) is -0.761. The molecule has 2 aromatic rings. The van der Waals surface area contributed by atoms with E-state index in [1.807, 2.05) is 22.3 Å². The molecule has 132 valence electrons. The molecule has 0 aliphatic carbocycles. The summed E-state index contributed by atoms with van der Waals surface area (Å²) in [5, 5.41) is 9.13. The number of carbonyl (C=O) groups is 2. The highest BCUT2D eigenvalue weighted by Crippen LogP contribution is 2.24.